The Bertz CT molecular complexity index is 1190. The summed E-state index contributed by atoms with van der Waals surface area (Å²) in [6.45, 7) is 2.46. The second kappa shape index (κ2) is 7.47. The predicted octanol–water partition coefficient (Wildman–Crippen LogP) is 3.91. The van der Waals surface area contributed by atoms with E-state index in [0.717, 1.165) is 0 Å². The maximum Gasteiger partial charge on any atom is 0.573 e. The van der Waals surface area contributed by atoms with Gasteiger partial charge in [-0.15, -0.1) is 13.2 Å². The van der Waals surface area contributed by atoms with E-state index in [0.29, 0.717) is 48.0 Å². The van der Waals surface area contributed by atoms with Gasteiger partial charge in [-0.1, -0.05) is 18.2 Å². The highest BCUT2D eigenvalue weighted by molar-refractivity contribution is 6.12. The number of benzene rings is 2. The number of aromatic nitrogens is 2. The van der Waals surface area contributed by atoms with Crippen molar-refractivity contribution in [1.82, 2.24) is 9.78 Å². The Balaban J connectivity index is 1.78. The van der Waals surface area contributed by atoms with Crippen molar-refractivity contribution in [3.63, 3.8) is 0 Å². The van der Waals surface area contributed by atoms with Crippen molar-refractivity contribution in [2.24, 2.45) is 0 Å². The molecule has 0 fully saturated rings. The minimum Gasteiger partial charge on any atom is -0.406 e. The zero-order valence-corrected chi connectivity index (χ0v) is 16.1. The average Bonchev–Trinajstić information content (AvgIpc) is 2.72. The molecule has 6 nitrogen and oxygen atoms in total. The maximum absolute atomic E-state index is 13.4. The SMILES string of the molecule is CCn1nc(C(=O)N2CCCc3cc(OC(F)(F)F)ccc32)c2ccccc2c1=O. The molecular weight excluding hydrogens is 399 g/mol. The summed E-state index contributed by atoms with van der Waals surface area (Å²) in [4.78, 5) is 27.4. The molecule has 0 N–H and O–H groups in total. The van der Waals surface area contributed by atoms with Gasteiger partial charge in [0.1, 0.15) is 5.75 Å². The van der Waals surface area contributed by atoms with E-state index in [4.69, 9.17) is 0 Å². The molecule has 1 aliphatic rings. The first-order valence-electron chi connectivity index (χ1n) is 9.49. The maximum atomic E-state index is 13.4. The van der Waals surface area contributed by atoms with E-state index >= 15 is 0 Å². The summed E-state index contributed by atoms with van der Waals surface area (Å²) < 4.78 is 42.8. The van der Waals surface area contributed by atoms with Crippen LogP contribution in [-0.2, 0) is 13.0 Å². The summed E-state index contributed by atoms with van der Waals surface area (Å²) in [5.74, 6) is -0.725. The first kappa shape index (κ1) is 19.9. The van der Waals surface area contributed by atoms with Gasteiger partial charge < -0.3 is 9.64 Å². The highest BCUT2D eigenvalue weighted by atomic mass is 19.4. The fourth-order valence-corrected chi connectivity index (χ4v) is 3.72. The Morgan fingerprint density at radius 1 is 1.17 bits per heavy atom. The van der Waals surface area contributed by atoms with Crippen LogP contribution in [0.3, 0.4) is 0 Å². The van der Waals surface area contributed by atoms with Crippen LogP contribution in [0, 0.1) is 0 Å². The van der Waals surface area contributed by atoms with Crippen molar-refractivity contribution < 1.29 is 22.7 Å². The van der Waals surface area contributed by atoms with Crippen LogP contribution in [0.15, 0.2) is 47.3 Å². The minimum atomic E-state index is -4.78. The number of alkyl halides is 3. The van der Waals surface area contributed by atoms with Crippen molar-refractivity contribution in [2.75, 3.05) is 11.4 Å². The Hall–Kier alpha value is -3.36. The van der Waals surface area contributed by atoms with Crippen molar-refractivity contribution in [3.05, 3.63) is 64.1 Å². The molecule has 30 heavy (non-hydrogen) atoms. The molecule has 0 saturated carbocycles. The highest BCUT2D eigenvalue weighted by Gasteiger charge is 2.32. The zero-order valence-electron chi connectivity index (χ0n) is 16.1. The van der Waals surface area contributed by atoms with Gasteiger partial charge in [-0.3, -0.25) is 9.59 Å². The van der Waals surface area contributed by atoms with Crippen LogP contribution in [0.5, 0.6) is 5.75 Å². The predicted molar refractivity (Wildman–Crippen MR) is 105 cm³/mol. The van der Waals surface area contributed by atoms with Crippen LogP contribution < -0.4 is 15.2 Å². The molecule has 2 aromatic carbocycles. The van der Waals surface area contributed by atoms with E-state index in [-0.39, 0.29) is 17.0 Å². The molecular formula is C21H18F3N3O3. The topological polar surface area (TPSA) is 64.4 Å². The monoisotopic (exact) mass is 417 g/mol. The Morgan fingerprint density at radius 3 is 2.60 bits per heavy atom. The van der Waals surface area contributed by atoms with Crippen molar-refractivity contribution in [3.8, 4) is 5.75 Å². The van der Waals surface area contributed by atoms with E-state index in [1.165, 1.54) is 27.8 Å². The molecule has 1 aliphatic heterocycles. The Morgan fingerprint density at radius 2 is 1.90 bits per heavy atom. The smallest absolute Gasteiger partial charge is 0.406 e. The molecule has 1 amide bonds. The fourth-order valence-electron chi connectivity index (χ4n) is 3.72. The summed E-state index contributed by atoms with van der Waals surface area (Å²) in [6.07, 6.45) is -3.68. The lowest BCUT2D eigenvalue weighted by Crippen LogP contribution is -2.37. The molecule has 9 heteroatoms. The molecule has 0 atom stereocenters. The lowest BCUT2D eigenvalue weighted by atomic mass is 10.0. The molecule has 0 unspecified atom stereocenters. The number of carbonyl (C=O) groups is 1. The van der Waals surface area contributed by atoms with Gasteiger partial charge in [0.2, 0.25) is 0 Å². The van der Waals surface area contributed by atoms with Gasteiger partial charge in [0.25, 0.3) is 11.5 Å². The number of carbonyl (C=O) groups excluding carboxylic acids is 1. The summed E-state index contributed by atoms with van der Waals surface area (Å²) in [6, 6.07) is 10.7. The molecule has 0 aliphatic carbocycles. The molecule has 2 heterocycles. The standard InChI is InChI=1S/C21H18F3N3O3/c1-2-27-19(28)16-8-4-3-7-15(16)18(25-27)20(29)26-11-5-6-13-12-14(9-10-17(13)26)30-21(22,23)24/h3-4,7-10,12H,2,5-6,11H2,1H3. The third-order valence-corrected chi connectivity index (χ3v) is 5.02. The van der Waals surface area contributed by atoms with Gasteiger partial charge in [-0.25, -0.2) is 4.68 Å². The molecule has 0 saturated heterocycles. The van der Waals surface area contributed by atoms with Gasteiger partial charge in [0.05, 0.1) is 5.39 Å². The second-order valence-electron chi connectivity index (χ2n) is 6.91. The van der Waals surface area contributed by atoms with Crippen LogP contribution in [-0.4, -0.2) is 28.6 Å². The number of hydrogen-bond donors (Lipinski definition) is 0. The van der Waals surface area contributed by atoms with E-state index in [1.807, 2.05) is 0 Å². The zero-order chi connectivity index (χ0) is 21.5. The second-order valence-corrected chi connectivity index (χ2v) is 6.91. The number of amides is 1. The van der Waals surface area contributed by atoms with Crippen LogP contribution in [0.25, 0.3) is 10.8 Å². The normalized spacial score (nSPS) is 13.9. The third-order valence-electron chi connectivity index (χ3n) is 5.02. The first-order valence-corrected chi connectivity index (χ1v) is 9.49. The number of nitrogens with zero attached hydrogens (tertiary/aromatic N) is 3. The van der Waals surface area contributed by atoms with Gasteiger partial charge in [-0.05, 0) is 49.6 Å². The van der Waals surface area contributed by atoms with Crippen molar-refractivity contribution in [2.45, 2.75) is 32.7 Å². The van der Waals surface area contributed by atoms with E-state index < -0.39 is 12.3 Å². The van der Waals surface area contributed by atoms with Gasteiger partial charge in [0, 0.05) is 24.2 Å². The van der Waals surface area contributed by atoms with E-state index in [2.05, 4.69) is 9.84 Å². The average molecular weight is 417 g/mol. The third kappa shape index (κ3) is 3.62. The number of hydrogen-bond acceptors (Lipinski definition) is 4. The Kier molecular flexibility index (Phi) is 4.97. The van der Waals surface area contributed by atoms with Gasteiger partial charge in [0.15, 0.2) is 5.69 Å². The lowest BCUT2D eigenvalue weighted by Gasteiger charge is -2.30. The van der Waals surface area contributed by atoms with Gasteiger partial charge in [-0.2, -0.15) is 5.10 Å². The quantitative estimate of drug-likeness (QED) is 0.648. The van der Waals surface area contributed by atoms with Gasteiger partial charge >= 0.3 is 6.36 Å². The number of ether oxygens (including phenoxy) is 1. The summed E-state index contributed by atoms with van der Waals surface area (Å²) in [7, 11) is 0. The molecule has 0 bridgehead atoms. The van der Waals surface area contributed by atoms with E-state index in [9.17, 15) is 22.8 Å². The van der Waals surface area contributed by atoms with Crippen LogP contribution in [0.4, 0.5) is 18.9 Å². The molecule has 0 spiro atoms. The number of aryl methyl sites for hydroxylation is 2. The molecule has 4 rings (SSSR count). The van der Waals surface area contributed by atoms with Crippen molar-refractivity contribution >= 4 is 22.4 Å². The number of fused-ring (bicyclic) bond motifs is 2. The van der Waals surface area contributed by atoms with Crippen LogP contribution in [0.2, 0.25) is 0 Å². The summed E-state index contributed by atoms with van der Waals surface area (Å²) in [5, 5.41) is 5.11. The first-order chi connectivity index (χ1) is 14.3. The number of anilines is 1. The van der Waals surface area contributed by atoms with E-state index in [1.54, 1.807) is 31.2 Å². The largest absolute Gasteiger partial charge is 0.573 e. The van der Waals surface area contributed by atoms with Crippen molar-refractivity contribution in [1.29, 1.82) is 0 Å². The highest BCUT2D eigenvalue weighted by Crippen LogP contribution is 2.33. The number of rotatable bonds is 3. The lowest BCUT2D eigenvalue weighted by molar-refractivity contribution is -0.274. The molecule has 1 aromatic heterocycles. The fraction of sp³-hybridized carbons (Fsp3) is 0.286. The Labute approximate surface area is 169 Å². The molecule has 0 radical (unpaired) electrons. The summed E-state index contributed by atoms with van der Waals surface area (Å²) in [5.41, 5.74) is 0.957. The molecule has 156 valence electrons. The van der Waals surface area contributed by atoms with Crippen LogP contribution >= 0.6 is 0 Å². The van der Waals surface area contributed by atoms with Crippen LogP contribution in [0.1, 0.15) is 29.4 Å². The number of halogens is 3. The minimum absolute atomic E-state index is 0.135. The summed E-state index contributed by atoms with van der Waals surface area (Å²) >= 11 is 0. The molecule has 3 aromatic rings.